The molecule has 0 saturated carbocycles. The number of aromatic nitrogens is 5. The number of thiazole rings is 1. The molecular weight excluding hydrogens is 544 g/mol. The Morgan fingerprint density at radius 1 is 1.26 bits per heavy atom. The second-order valence-corrected chi connectivity index (χ2v) is 12.0. The average Bonchev–Trinajstić information content (AvgIpc) is 3.47. The van der Waals surface area contributed by atoms with E-state index in [1.807, 2.05) is 11.6 Å². The summed E-state index contributed by atoms with van der Waals surface area (Å²) in [6, 6.07) is 3.58. The van der Waals surface area contributed by atoms with Crippen LogP contribution < -0.4 is 21.9 Å². The number of ether oxygens (including phenoxy) is 1. The lowest BCUT2D eigenvalue weighted by atomic mass is 9.73. The number of rotatable bonds is 6. The van der Waals surface area contributed by atoms with E-state index in [1.54, 1.807) is 30.7 Å². The van der Waals surface area contributed by atoms with Crippen molar-refractivity contribution in [1.82, 2.24) is 24.5 Å². The smallest absolute Gasteiger partial charge is 0.262 e. The summed E-state index contributed by atoms with van der Waals surface area (Å²) in [5.74, 6) is 1.06. The highest BCUT2D eigenvalue weighted by Crippen LogP contribution is 2.51. The largest absolute Gasteiger partial charge is 0.383 e. The Morgan fingerprint density at radius 3 is 2.82 bits per heavy atom. The molecule has 1 fully saturated rings. The Labute approximate surface area is 232 Å². The normalized spacial score (nSPS) is 18.4. The van der Waals surface area contributed by atoms with Gasteiger partial charge in [0.05, 0.1) is 58.8 Å². The number of halogens is 1. The first-order chi connectivity index (χ1) is 18.4. The molecule has 1 aliphatic carbocycles. The first-order valence-electron chi connectivity index (χ1n) is 12.3. The molecule has 0 bridgehead atoms. The molecule has 2 aliphatic rings. The summed E-state index contributed by atoms with van der Waals surface area (Å²) in [5.41, 5.74) is 16.3. The molecule has 4 aromatic rings. The van der Waals surface area contributed by atoms with E-state index in [4.69, 9.17) is 27.8 Å². The summed E-state index contributed by atoms with van der Waals surface area (Å²) >= 11 is 9.68. The Kier molecular flexibility index (Phi) is 6.77. The highest BCUT2D eigenvalue weighted by Gasteiger charge is 2.47. The lowest BCUT2D eigenvalue weighted by Crippen LogP contribution is -2.44. The number of anilines is 2. The van der Waals surface area contributed by atoms with E-state index < -0.39 is 0 Å². The second kappa shape index (κ2) is 10.1. The summed E-state index contributed by atoms with van der Waals surface area (Å²) < 4.78 is 6.58. The van der Waals surface area contributed by atoms with Crippen LogP contribution in [0.15, 0.2) is 44.9 Å². The minimum Gasteiger partial charge on any atom is -0.383 e. The van der Waals surface area contributed by atoms with Crippen molar-refractivity contribution >= 4 is 57.2 Å². The van der Waals surface area contributed by atoms with Gasteiger partial charge in [-0.3, -0.25) is 9.36 Å². The molecule has 0 unspecified atom stereocenters. The van der Waals surface area contributed by atoms with Gasteiger partial charge in [-0.2, -0.15) is 0 Å². The van der Waals surface area contributed by atoms with E-state index in [2.05, 4.69) is 24.8 Å². The summed E-state index contributed by atoms with van der Waals surface area (Å²) in [6.07, 6.45) is 6.20. The van der Waals surface area contributed by atoms with Crippen LogP contribution in [0.2, 0.25) is 5.02 Å². The van der Waals surface area contributed by atoms with Crippen LogP contribution in [0.4, 0.5) is 11.6 Å². The number of nitrogens with two attached hydrogens (primary N) is 2. The quantitative estimate of drug-likeness (QED) is 0.354. The molecule has 13 heteroatoms. The average molecular weight is 571 g/mol. The summed E-state index contributed by atoms with van der Waals surface area (Å²) in [5, 5.41) is 1.20. The van der Waals surface area contributed by atoms with Crippen LogP contribution in [0.25, 0.3) is 10.9 Å². The van der Waals surface area contributed by atoms with Crippen LogP contribution in [-0.2, 0) is 17.7 Å². The predicted molar refractivity (Wildman–Crippen MR) is 150 cm³/mol. The molecule has 1 saturated heterocycles. The van der Waals surface area contributed by atoms with Crippen molar-refractivity contribution in [2.24, 2.45) is 11.1 Å². The van der Waals surface area contributed by atoms with Gasteiger partial charge < -0.3 is 21.1 Å². The second-order valence-electron chi connectivity index (χ2n) is 9.69. The van der Waals surface area contributed by atoms with E-state index in [0.29, 0.717) is 44.8 Å². The molecule has 6 rings (SSSR count). The molecule has 3 aromatic heterocycles. The van der Waals surface area contributed by atoms with Gasteiger partial charge in [-0.15, -0.1) is 11.3 Å². The fourth-order valence-corrected chi connectivity index (χ4v) is 7.50. The number of nitrogens with zero attached hydrogens (tertiary/aromatic N) is 6. The molecule has 1 aromatic carbocycles. The van der Waals surface area contributed by atoms with Crippen LogP contribution in [0.1, 0.15) is 29.5 Å². The molecule has 38 heavy (non-hydrogen) atoms. The molecule has 4 N–H and O–H groups in total. The van der Waals surface area contributed by atoms with Crippen molar-refractivity contribution in [1.29, 1.82) is 0 Å². The van der Waals surface area contributed by atoms with Crippen LogP contribution in [0.5, 0.6) is 0 Å². The molecule has 0 radical (unpaired) electrons. The molecule has 0 amide bonds. The van der Waals surface area contributed by atoms with Crippen LogP contribution in [0.3, 0.4) is 0 Å². The lowest BCUT2D eigenvalue weighted by molar-refractivity contribution is 0.186. The maximum Gasteiger partial charge on any atom is 0.262 e. The Hall–Kier alpha value is -2.77. The van der Waals surface area contributed by atoms with Gasteiger partial charge in [0.15, 0.2) is 5.82 Å². The number of methoxy groups -OCH3 is 1. The standard InChI is InChI=1S/C25H27ClN8O2S2/c1-36-9-8-34-12-30-14-2-3-15(19(26)18(14)24(34)35)38-23-22(28)32-17(11-29-23)33-6-4-25(5-7-33)10-16-20(21(25)27)31-13-37-16/h2-3,11-13,21H,4-10,27H2,1H3,(H2,28,32)/t21-/m1/s1. The molecule has 1 aliphatic heterocycles. The summed E-state index contributed by atoms with van der Waals surface area (Å²) in [6.45, 7) is 2.46. The molecule has 4 heterocycles. The number of benzene rings is 1. The molecule has 1 atom stereocenters. The van der Waals surface area contributed by atoms with E-state index in [1.165, 1.54) is 27.5 Å². The number of nitrogen functional groups attached to an aromatic ring is 1. The number of hydrogen-bond acceptors (Lipinski definition) is 11. The molecule has 10 nitrogen and oxygen atoms in total. The van der Waals surface area contributed by atoms with Crippen LogP contribution in [-0.4, -0.2) is 51.3 Å². The van der Waals surface area contributed by atoms with E-state index in [9.17, 15) is 4.79 Å². The Morgan fingerprint density at radius 2 is 2.08 bits per heavy atom. The van der Waals surface area contributed by atoms with Crippen molar-refractivity contribution in [2.45, 2.75) is 41.8 Å². The van der Waals surface area contributed by atoms with Gasteiger partial charge in [0.1, 0.15) is 10.8 Å². The fourth-order valence-electron chi connectivity index (χ4n) is 5.38. The fraction of sp³-hybridized carbons (Fsp3) is 0.400. The van der Waals surface area contributed by atoms with E-state index in [-0.39, 0.29) is 17.0 Å². The monoisotopic (exact) mass is 570 g/mol. The molecular formula is C25H27ClN8O2S2. The highest BCUT2D eigenvalue weighted by molar-refractivity contribution is 7.99. The number of fused-ring (bicyclic) bond motifs is 2. The van der Waals surface area contributed by atoms with Crippen LogP contribution in [0, 0.1) is 5.41 Å². The maximum absolute atomic E-state index is 13.0. The van der Waals surface area contributed by atoms with Crippen molar-refractivity contribution in [2.75, 3.05) is 37.4 Å². The first-order valence-corrected chi connectivity index (χ1v) is 14.4. The highest BCUT2D eigenvalue weighted by atomic mass is 35.5. The third-order valence-electron chi connectivity index (χ3n) is 7.61. The van der Waals surface area contributed by atoms with Crippen molar-refractivity contribution < 1.29 is 4.74 Å². The SMILES string of the molecule is COCCn1cnc2ccc(Sc3ncc(N4CCC5(CC4)Cc4scnc4[C@H]5N)nc3N)c(Cl)c2c1=O. The minimum atomic E-state index is -0.218. The van der Waals surface area contributed by atoms with Gasteiger partial charge in [-0.05, 0) is 36.8 Å². The number of hydrogen-bond donors (Lipinski definition) is 2. The summed E-state index contributed by atoms with van der Waals surface area (Å²) in [7, 11) is 1.59. The summed E-state index contributed by atoms with van der Waals surface area (Å²) in [4.78, 5) is 35.4. The van der Waals surface area contributed by atoms with Gasteiger partial charge in [-0.25, -0.2) is 19.9 Å². The maximum atomic E-state index is 13.0. The Bertz CT molecular complexity index is 1570. The zero-order valence-corrected chi connectivity index (χ0v) is 23.2. The van der Waals surface area contributed by atoms with Gasteiger partial charge in [0, 0.05) is 30.0 Å². The van der Waals surface area contributed by atoms with E-state index >= 15 is 0 Å². The number of piperidine rings is 1. The topological polar surface area (TPSA) is 138 Å². The van der Waals surface area contributed by atoms with Crippen molar-refractivity contribution in [3.63, 3.8) is 0 Å². The van der Waals surface area contributed by atoms with E-state index in [0.717, 1.165) is 43.9 Å². The van der Waals surface area contributed by atoms with Gasteiger partial charge in [0.2, 0.25) is 0 Å². The first kappa shape index (κ1) is 25.5. The molecule has 198 valence electrons. The van der Waals surface area contributed by atoms with Crippen molar-refractivity contribution in [3.8, 4) is 0 Å². The zero-order chi connectivity index (χ0) is 26.4. The minimum absolute atomic E-state index is 0.00757. The van der Waals surface area contributed by atoms with Gasteiger partial charge in [0.25, 0.3) is 5.56 Å². The third kappa shape index (κ3) is 4.34. The van der Waals surface area contributed by atoms with Crippen molar-refractivity contribution in [3.05, 3.63) is 56.1 Å². The Balaban J connectivity index is 1.19. The zero-order valence-electron chi connectivity index (χ0n) is 20.8. The van der Waals surface area contributed by atoms with Gasteiger partial charge in [-0.1, -0.05) is 23.4 Å². The third-order valence-corrected chi connectivity index (χ3v) is 10.0. The van der Waals surface area contributed by atoms with Gasteiger partial charge >= 0.3 is 0 Å². The lowest BCUT2D eigenvalue weighted by Gasteiger charge is -2.42. The predicted octanol–water partition coefficient (Wildman–Crippen LogP) is 3.52. The van der Waals surface area contributed by atoms with Crippen LogP contribution >= 0.6 is 34.7 Å². The molecule has 1 spiro atoms.